The fourth-order valence-electron chi connectivity index (χ4n) is 5.13. The second-order valence-corrected chi connectivity index (χ2v) is 10.1. The predicted octanol–water partition coefficient (Wildman–Crippen LogP) is 4.26. The first-order chi connectivity index (χ1) is 15.2. The molecule has 0 atom stereocenters. The molecule has 3 fully saturated rings. The Hall–Kier alpha value is -1.89. The highest BCUT2D eigenvalue weighted by molar-refractivity contribution is 7.17. The topological polar surface area (TPSA) is 36.0 Å². The quantitative estimate of drug-likeness (QED) is 0.713. The number of nitrogens with zero attached hydrogens (tertiary/aromatic N) is 3. The molecular formula is C25H33N3O2S. The third kappa shape index (κ3) is 4.52. The minimum atomic E-state index is 0.213. The van der Waals surface area contributed by atoms with Crippen LogP contribution >= 0.6 is 11.3 Å². The van der Waals surface area contributed by atoms with Crippen LogP contribution in [0.4, 0.5) is 5.69 Å². The number of amides is 1. The van der Waals surface area contributed by atoms with Crippen LogP contribution in [0.3, 0.4) is 0 Å². The lowest BCUT2D eigenvalue weighted by Gasteiger charge is -2.41. The molecule has 1 amide bonds. The van der Waals surface area contributed by atoms with E-state index in [-0.39, 0.29) is 5.91 Å². The normalized spacial score (nSPS) is 21.1. The summed E-state index contributed by atoms with van der Waals surface area (Å²) in [4.78, 5) is 22.1. The smallest absolute Gasteiger partial charge is 0.264 e. The summed E-state index contributed by atoms with van der Waals surface area (Å²) in [7, 11) is 0. The molecule has 0 unspecified atom stereocenters. The number of benzene rings is 1. The van der Waals surface area contributed by atoms with Crippen LogP contribution in [0.1, 0.15) is 40.9 Å². The van der Waals surface area contributed by atoms with Crippen LogP contribution in [0.5, 0.6) is 0 Å². The van der Waals surface area contributed by atoms with E-state index in [4.69, 9.17) is 4.74 Å². The van der Waals surface area contributed by atoms with Crippen molar-refractivity contribution in [2.45, 2.75) is 38.6 Å². The highest BCUT2D eigenvalue weighted by atomic mass is 32.1. The SMILES string of the molecule is Cc1cc(-c2ccc(N3CCN(C4CCOCC4)CC3)cc2)sc1C(=O)N1CCCC1. The Balaban J connectivity index is 1.22. The minimum absolute atomic E-state index is 0.213. The second-order valence-electron chi connectivity index (χ2n) is 9.04. The van der Waals surface area contributed by atoms with Gasteiger partial charge in [0.05, 0.1) is 4.88 Å². The Morgan fingerprint density at radius 2 is 1.65 bits per heavy atom. The molecule has 0 radical (unpaired) electrons. The fourth-order valence-corrected chi connectivity index (χ4v) is 6.28. The van der Waals surface area contributed by atoms with Gasteiger partial charge in [0, 0.05) is 69.1 Å². The number of aryl methyl sites for hydroxylation is 1. The molecule has 4 heterocycles. The Morgan fingerprint density at radius 3 is 2.32 bits per heavy atom. The maximum absolute atomic E-state index is 12.8. The summed E-state index contributed by atoms with van der Waals surface area (Å²) in [5.74, 6) is 0.213. The zero-order valence-electron chi connectivity index (χ0n) is 18.5. The molecule has 1 aromatic carbocycles. The Morgan fingerprint density at radius 1 is 0.968 bits per heavy atom. The van der Waals surface area contributed by atoms with Gasteiger partial charge in [-0.2, -0.15) is 0 Å². The van der Waals surface area contributed by atoms with Crippen molar-refractivity contribution in [2.24, 2.45) is 0 Å². The molecule has 2 aromatic rings. The zero-order chi connectivity index (χ0) is 21.2. The molecule has 0 saturated carbocycles. The van der Waals surface area contributed by atoms with Gasteiger partial charge in [-0.1, -0.05) is 12.1 Å². The zero-order valence-corrected chi connectivity index (χ0v) is 19.3. The number of anilines is 1. The van der Waals surface area contributed by atoms with E-state index < -0.39 is 0 Å². The largest absolute Gasteiger partial charge is 0.381 e. The van der Waals surface area contributed by atoms with Crippen LogP contribution < -0.4 is 4.90 Å². The lowest BCUT2D eigenvalue weighted by atomic mass is 10.1. The summed E-state index contributed by atoms with van der Waals surface area (Å²) < 4.78 is 5.52. The summed E-state index contributed by atoms with van der Waals surface area (Å²) in [5, 5.41) is 0. The van der Waals surface area contributed by atoms with Crippen molar-refractivity contribution in [3.63, 3.8) is 0 Å². The van der Waals surface area contributed by atoms with Crippen LogP contribution in [0, 0.1) is 6.92 Å². The molecule has 31 heavy (non-hydrogen) atoms. The fraction of sp³-hybridized carbons (Fsp3) is 0.560. The molecule has 0 N–H and O–H groups in total. The van der Waals surface area contributed by atoms with E-state index in [1.54, 1.807) is 11.3 Å². The maximum atomic E-state index is 12.8. The van der Waals surface area contributed by atoms with Crippen LogP contribution in [0.25, 0.3) is 10.4 Å². The van der Waals surface area contributed by atoms with E-state index in [0.717, 1.165) is 75.8 Å². The summed E-state index contributed by atoms with van der Waals surface area (Å²) in [6.45, 7) is 10.2. The van der Waals surface area contributed by atoms with Crippen LogP contribution in [-0.2, 0) is 4.74 Å². The highest BCUT2D eigenvalue weighted by Crippen LogP contribution is 2.34. The second kappa shape index (κ2) is 9.31. The van der Waals surface area contributed by atoms with Gasteiger partial charge in [-0.3, -0.25) is 9.69 Å². The van der Waals surface area contributed by atoms with E-state index in [1.165, 1.54) is 29.0 Å². The van der Waals surface area contributed by atoms with Gasteiger partial charge in [-0.15, -0.1) is 11.3 Å². The Kier molecular flexibility index (Phi) is 6.30. The molecule has 0 spiro atoms. The first kappa shape index (κ1) is 21.0. The first-order valence-electron chi connectivity index (χ1n) is 11.8. The standard InChI is InChI=1S/C25H33N3O2S/c1-19-18-23(31-24(19)25(29)28-10-2-3-11-28)20-4-6-21(7-5-20)26-12-14-27(15-13-26)22-8-16-30-17-9-22/h4-7,18,22H,2-3,8-17H2,1H3. The predicted molar refractivity (Wildman–Crippen MR) is 127 cm³/mol. The molecule has 1 aromatic heterocycles. The average Bonchev–Trinajstić information content (AvgIpc) is 3.50. The molecule has 6 heteroatoms. The maximum Gasteiger partial charge on any atom is 0.264 e. The number of carbonyl (C=O) groups is 1. The van der Waals surface area contributed by atoms with Crippen LogP contribution in [-0.4, -0.2) is 74.2 Å². The average molecular weight is 440 g/mol. The summed E-state index contributed by atoms with van der Waals surface area (Å²) in [5.41, 5.74) is 3.61. The molecule has 3 aliphatic heterocycles. The third-order valence-corrected chi connectivity index (χ3v) is 8.32. The highest BCUT2D eigenvalue weighted by Gasteiger charge is 2.26. The van der Waals surface area contributed by atoms with Gasteiger partial charge in [-0.25, -0.2) is 0 Å². The molecular weight excluding hydrogens is 406 g/mol. The number of hydrogen-bond acceptors (Lipinski definition) is 5. The molecule has 166 valence electrons. The first-order valence-corrected chi connectivity index (χ1v) is 12.6. The molecule has 5 rings (SSSR count). The number of carbonyl (C=O) groups excluding carboxylic acids is 1. The lowest BCUT2D eigenvalue weighted by Crippen LogP contribution is -2.51. The van der Waals surface area contributed by atoms with Crippen molar-refractivity contribution in [2.75, 3.05) is 57.4 Å². The summed E-state index contributed by atoms with van der Waals surface area (Å²) in [6.07, 6.45) is 4.62. The van der Waals surface area contributed by atoms with Gasteiger partial charge in [-0.05, 0) is 61.9 Å². The van der Waals surface area contributed by atoms with E-state index >= 15 is 0 Å². The molecule has 0 bridgehead atoms. The van der Waals surface area contributed by atoms with Crippen molar-refractivity contribution in [1.29, 1.82) is 0 Å². The van der Waals surface area contributed by atoms with E-state index in [2.05, 4.69) is 47.1 Å². The number of ether oxygens (including phenoxy) is 1. The van der Waals surface area contributed by atoms with Gasteiger partial charge in [0.25, 0.3) is 5.91 Å². The van der Waals surface area contributed by atoms with Gasteiger partial charge in [0.15, 0.2) is 0 Å². The van der Waals surface area contributed by atoms with E-state index in [1.807, 2.05) is 4.90 Å². The van der Waals surface area contributed by atoms with Gasteiger partial charge in [0.1, 0.15) is 0 Å². The number of hydrogen-bond donors (Lipinski definition) is 0. The van der Waals surface area contributed by atoms with E-state index in [9.17, 15) is 4.79 Å². The third-order valence-electron chi connectivity index (χ3n) is 7.04. The number of likely N-dealkylation sites (tertiary alicyclic amines) is 1. The van der Waals surface area contributed by atoms with Gasteiger partial charge < -0.3 is 14.5 Å². The van der Waals surface area contributed by atoms with Crippen molar-refractivity contribution >= 4 is 22.9 Å². The van der Waals surface area contributed by atoms with Crippen molar-refractivity contribution in [3.05, 3.63) is 40.8 Å². The summed E-state index contributed by atoms with van der Waals surface area (Å²) in [6, 6.07) is 11.8. The molecule has 3 saturated heterocycles. The van der Waals surface area contributed by atoms with Crippen molar-refractivity contribution in [1.82, 2.24) is 9.80 Å². The monoisotopic (exact) mass is 439 g/mol. The molecule has 5 nitrogen and oxygen atoms in total. The Bertz CT molecular complexity index is 890. The molecule has 0 aliphatic carbocycles. The van der Waals surface area contributed by atoms with Crippen LogP contribution in [0.15, 0.2) is 30.3 Å². The van der Waals surface area contributed by atoms with Crippen molar-refractivity contribution in [3.8, 4) is 10.4 Å². The van der Waals surface area contributed by atoms with Gasteiger partial charge in [0.2, 0.25) is 0 Å². The number of thiophene rings is 1. The number of piperazine rings is 1. The summed E-state index contributed by atoms with van der Waals surface area (Å²) >= 11 is 1.64. The minimum Gasteiger partial charge on any atom is -0.381 e. The Labute approximate surface area is 189 Å². The van der Waals surface area contributed by atoms with Crippen molar-refractivity contribution < 1.29 is 9.53 Å². The van der Waals surface area contributed by atoms with Crippen LogP contribution in [0.2, 0.25) is 0 Å². The lowest BCUT2D eigenvalue weighted by molar-refractivity contribution is 0.0321. The molecule has 3 aliphatic rings. The van der Waals surface area contributed by atoms with Gasteiger partial charge >= 0.3 is 0 Å². The number of rotatable bonds is 4. The van der Waals surface area contributed by atoms with E-state index in [0.29, 0.717) is 6.04 Å².